The summed E-state index contributed by atoms with van der Waals surface area (Å²) >= 11 is 0. The van der Waals surface area contributed by atoms with Gasteiger partial charge in [0.25, 0.3) is 0 Å². The number of rotatable bonds is 3. The van der Waals surface area contributed by atoms with E-state index >= 15 is 0 Å². The molecule has 0 unspecified atom stereocenters. The molecule has 0 saturated carbocycles. The second kappa shape index (κ2) is 4.17. The molecule has 0 amide bonds. The highest BCUT2D eigenvalue weighted by molar-refractivity contribution is 5.30. The number of nitrogen functional groups attached to an aromatic ring is 1. The van der Waals surface area contributed by atoms with Crippen molar-refractivity contribution in [2.45, 2.75) is 19.4 Å². The van der Waals surface area contributed by atoms with Crippen LogP contribution in [0.4, 0.5) is 5.69 Å². The Morgan fingerprint density at radius 2 is 2.07 bits per heavy atom. The molecule has 1 heterocycles. The Balaban J connectivity index is 2.07. The van der Waals surface area contributed by atoms with Crippen LogP contribution in [0.15, 0.2) is 42.7 Å². The number of anilines is 1. The molecule has 15 heavy (non-hydrogen) atoms. The van der Waals surface area contributed by atoms with Gasteiger partial charge in [0.15, 0.2) is 0 Å². The molecule has 0 radical (unpaired) electrons. The molecule has 0 bridgehead atoms. The van der Waals surface area contributed by atoms with Crippen molar-refractivity contribution in [3.63, 3.8) is 0 Å². The minimum absolute atomic E-state index is 0.450. The van der Waals surface area contributed by atoms with E-state index in [1.807, 2.05) is 16.9 Å². The average Bonchev–Trinajstić information content (AvgIpc) is 2.65. The molecule has 0 aliphatic heterocycles. The second-order valence-electron chi connectivity index (χ2n) is 3.81. The predicted octanol–water partition coefficient (Wildman–Crippen LogP) is 2.27. The van der Waals surface area contributed by atoms with E-state index < -0.39 is 0 Å². The quantitative estimate of drug-likeness (QED) is 0.827. The second-order valence-corrected chi connectivity index (χ2v) is 3.81. The Kier molecular flexibility index (Phi) is 2.72. The molecule has 0 saturated heterocycles. The first-order valence-electron chi connectivity index (χ1n) is 5.08. The largest absolute Gasteiger partial charge is 0.396 e. The summed E-state index contributed by atoms with van der Waals surface area (Å²) in [5.74, 6) is 0.450. The van der Waals surface area contributed by atoms with Gasteiger partial charge in [0, 0.05) is 18.7 Å². The van der Waals surface area contributed by atoms with Gasteiger partial charge in [-0.05, 0) is 5.56 Å². The summed E-state index contributed by atoms with van der Waals surface area (Å²) in [4.78, 5) is 0. The minimum atomic E-state index is 0.450. The van der Waals surface area contributed by atoms with Crippen LogP contribution in [0.25, 0.3) is 0 Å². The van der Waals surface area contributed by atoms with Gasteiger partial charge >= 0.3 is 0 Å². The van der Waals surface area contributed by atoms with Crippen LogP contribution >= 0.6 is 0 Å². The molecule has 2 aromatic rings. The van der Waals surface area contributed by atoms with Crippen molar-refractivity contribution >= 4 is 5.69 Å². The summed E-state index contributed by atoms with van der Waals surface area (Å²) in [7, 11) is 0. The van der Waals surface area contributed by atoms with Crippen LogP contribution in [-0.2, 0) is 6.54 Å². The maximum atomic E-state index is 5.61. The molecule has 2 rings (SSSR count). The first-order valence-corrected chi connectivity index (χ1v) is 5.08. The van der Waals surface area contributed by atoms with Crippen LogP contribution in [0.2, 0.25) is 0 Å². The Morgan fingerprint density at radius 3 is 2.67 bits per heavy atom. The zero-order valence-electron chi connectivity index (χ0n) is 8.80. The summed E-state index contributed by atoms with van der Waals surface area (Å²) in [5, 5.41) is 4.17. The summed E-state index contributed by atoms with van der Waals surface area (Å²) in [5.41, 5.74) is 7.65. The number of hydrogen-bond donors (Lipinski definition) is 1. The lowest BCUT2D eigenvalue weighted by molar-refractivity contribution is 0.543. The molecule has 3 nitrogen and oxygen atoms in total. The third kappa shape index (κ3) is 2.37. The van der Waals surface area contributed by atoms with Crippen molar-refractivity contribution in [2.24, 2.45) is 0 Å². The number of nitrogens with zero attached hydrogens (tertiary/aromatic N) is 2. The van der Waals surface area contributed by atoms with Crippen LogP contribution in [0.1, 0.15) is 18.4 Å². The Morgan fingerprint density at radius 1 is 1.33 bits per heavy atom. The van der Waals surface area contributed by atoms with Crippen molar-refractivity contribution in [3.8, 4) is 0 Å². The van der Waals surface area contributed by atoms with E-state index in [-0.39, 0.29) is 0 Å². The molecule has 1 aromatic carbocycles. The lowest BCUT2D eigenvalue weighted by Gasteiger charge is -2.11. The van der Waals surface area contributed by atoms with Gasteiger partial charge in [-0.1, -0.05) is 37.3 Å². The average molecular weight is 201 g/mol. The molecular weight excluding hydrogens is 186 g/mol. The van der Waals surface area contributed by atoms with E-state index in [0.717, 1.165) is 12.2 Å². The fraction of sp³-hybridized carbons (Fsp3) is 0.250. The third-order valence-corrected chi connectivity index (χ3v) is 2.48. The van der Waals surface area contributed by atoms with Gasteiger partial charge in [-0.3, -0.25) is 4.68 Å². The first-order chi connectivity index (χ1) is 7.25. The van der Waals surface area contributed by atoms with Crippen LogP contribution in [0.3, 0.4) is 0 Å². The summed E-state index contributed by atoms with van der Waals surface area (Å²) < 4.78 is 1.88. The van der Waals surface area contributed by atoms with Crippen molar-refractivity contribution in [3.05, 3.63) is 48.3 Å². The third-order valence-electron chi connectivity index (χ3n) is 2.48. The van der Waals surface area contributed by atoms with Gasteiger partial charge < -0.3 is 5.73 Å². The molecule has 3 heteroatoms. The number of aromatic nitrogens is 2. The van der Waals surface area contributed by atoms with E-state index in [1.54, 1.807) is 6.20 Å². The fourth-order valence-corrected chi connectivity index (χ4v) is 1.65. The normalized spacial score (nSPS) is 12.6. The van der Waals surface area contributed by atoms with Crippen molar-refractivity contribution in [2.75, 3.05) is 5.73 Å². The lowest BCUT2D eigenvalue weighted by atomic mass is 10.0. The highest BCUT2D eigenvalue weighted by Crippen LogP contribution is 2.16. The highest BCUT2D eigenvalue weighted by Gasteiger charge is 2.06. The molecule has 0 aliphatic carbocycles. The van der Waals surface area contributed by atoms with E-state index in [1.165, 1.54) is 5.56 Å². The SMILES string of the molecule is C[C@@H](Cn1cc(N)cn1)c1ccccc1. The standard InChI is InChI=1S/C12H15N3/c1-10(11-5-3-2-4-6-11)8-15-9-12(13)7-14-15/h2-7,9-10H,8,13H2,1H3/t10-/m0/s1. The molecule has 1 aromatic heterocycles. The Labute approximate surface area is 89.5 Å². The van der Waals surface area contributed by atoms with Gasteiger partial charge in [-0.25, -0.2) is 0 Å². The highest BCUT2D eigenvalue weighted by atomic mass is 15.3. The van der Waals surface area contributed by atoms with Gasteiger partial charge in [0.2, 0.25) is 0 Å². The van der Waals surface area contributed by atoms with Crippen molar-refractivity contribution in [1.29, 1.82) is 0 Å². The van der Waals surface area contributed by atoms with Gasteiger partial charge in [-0.15, -0.1) is 0 Å². The first kappa shape index (κ1) is 9.77. The minimum Gasteiger partial charge on any atom is -0.396 e. The monoisotopic (exact) mass is 201 g/mol. The molecule has 0 spiro atoms. The van der Waals surface area contributed by atoms with E-state index in [0.29, 0.717) is 5.92 Å². The maximum Gasteiger partial charge on any atom is 0.0719 e. The van der Waals surface area contributed by atoms with Gasteiger partial charge in [-0.2, -0.15) is 5.10 Å². The Hall–Kier alpha value is -1.77. The number of benzene rings is 1. The van der Waals surface area contributed by atoms with E-state index in [2.05, 4.69) is 36.3 Å². The number of nitrogens with two attached hydrogens (primary N) is 1. The molecular formula is C12H15N3. The fourth-order valence-electron chi connectivity index (χ4n) is 1.65. The van der Waals surface area contributed by atoms with Crippen molar-refractivity contribution in [1.82, 2.24) is 9.78 Å². The van der Waals surface area contributed by atoms with Gasteiger partial charge in [0.05, 0.1) is 11.9 Å². The summed E-state index contributed by atoms with van der Waals surface area (Å²) in [6, 6.07) is 10.4. The summed E-state index contributed by atoms with van der Waals surface area (Å²) in [6.07, 6.45) is 3.54. The smallest absolute Gasteiger partial charge is 0.0719 e. The predicted molar refractivity (Wildman–Crippen MR) is 61.5 cm³/mol. The maximum absolute atomic E-state index is 5.61. The van der Waals surface area contributed by atoms with Gasteiger partial charge in [0.1, 0.15) is 0 Å². The van der Waals surface area contributed by atoms with Crippen LogP contribution in [0, 0.1) is 0 Å². The lowest BCUT2D eigenvalue weighted by Crippen LogP contribution is -2.06. The van der Waals surface area contributed by atoms with E-state index in [4.69, 9.17) is 5.73 Å². The number of hydrogen-bond acceptors (Lipinski definition) is 2. The Bertz CT molecular complexity index is 419. The molecule has 0 fully saturated rings. The zero-order valence-corrected chi connectivity index (χ0v) is 8.80. The van der Waals surface area contributed by atoms with Crippen LogP contribution in [0.5, 0.6) is 0 Å². The summed E-state index contributed by atoms with van der Waals surface area (Å²) in [6.45, 7) is 3.05. The molecule has 1 atom stereocenters. The zero-order chi connectivity index (χ0) is 10.7. The van der Waals surface area contributed by atoms with Crippen molar-refractivity contribution < 1.29 is 0 Å². The van der Waals surface area contributed by atoms with Crippen LogP contribution < -0.4 is 5.73 Å². The molecule has 2 N–H and O–H groups in total. The molecule has 78 valence electrons. The van der Waals surface area contributed by atoms with Crippen LogP contribution in [-0.4, -0.2) is 9.78 Å². The topological polar surface area (TPSA) is 43.8 Å². The van der Waals surface area contributed by atoms with E-state index in [9.17, 15) is 0 Å². The molecule has 0 aliphatic rings.